The van der Waals surface area contributed by atoms with Crippen LogP contribution in [0.5, 0.6) is 17.2 Å². The van der Waals surface area contributed by atoms with Crippen LogP contribution < -0.4 is 14.2 Å². The fourth-order valence-electron chi connectivity index (χ4n) is 4.94. The Kier molecular flexibility index (Phi) is 9.37. The Morgan fingerprint density at radius 3 is 2.23 bits per heavy atom. The summed E-state index contributed by atoms with van der Waals surface area (Å²) in [4.78, 5) is 40.0. The van der Waals surface area contributed by atoms with Crippen LogP contribution in [0.1, 0.15) is 63.4 Å². The molecule has 1 heterocycles. The van der Waals surface area contributed by atoms with Gasteiger partial charge in [0.05, 0.1) is 27.9 Å². The molecule has 1 saturated heterocycles. The number of carbonyl (C=O) groups excluding carboxylic acids is 3. The first-order valence-corrected chi connectivity index (χ1v) is 12.4. The van der Waals surface area contributed by atoms with Gasteiger partial charge in [0.1, 0.15) is 11.6 Å². The van der Waals surface area contributed by atoms with Gasteiger partial charge in [0, 0.05) is 6.54 Å². The van der Waals surface area contributed by atoms with Crippen molar-refractivity contribution in [1.82, 2.24) is 4.90 Å². The Morgan fingerprint density at radius 1 is 0.971 bits per heavy atom. The number of rotatable bonds is 10. The first-order valence-electron chi connectivity index (χ1n) is 12.4. The average molecular weight is 492 g/mol. The van der Waals surface area contributed by atoms with Gasteiger partial charge in [-0.1, -0.05) is 19.3 Å². The van der Waals surface area contributed by atoms with E-state index in [0.29, 0.717) is 75.2 Å². The van der Waals surface area contributed by atoms with E-state index in [-0.39, 0.29) is 6.61 Å². The summed E-state index contributed by atoms with van der Waals surface area (Å²) in [5.41, 5.74) is -0.668. The number of aryl methyl sites for hydroxylation is 1. The zero-order valence-electron chi connectivity index (χ0n) is 21.0. The Hall–Kier alpha value is -2.81. The molecule has 1 N–H and O–H groups in total. The molecule has 1 aliphatic carbocycles. The molecule has 1 aromatic carbocycles. The molecule has 35 heavy (non-hydrogen) atoms. The molecule has 0 radical (unpaired) electrons. The van der Waals surface area contributed by atoms with Crippen molar-refractivity contribution in [2.45, 2.75) is 75.9 Å². The van der Waals surface area contributed by atoms with Crippen LogP contribution in [0.15, 0.2) is 12.1 Å². The van der Waals surface area contributed by atoms with Crippen molar-refractivity contribution >= 4 is 17.7 Å². The lowest BCUT2D eigenvalue weighted by atomic mass is 9.81. The highest BCUT2D eigenvalue weighted by Gasteiger charge is 2.45. The van der Waals surface area contributed by atoms with Crippen LogP contribution >= 0.6 is 0 Å². The summed E-state index contributed by atoms with van der Waals surface area (Å²) in [5.74, 6) is -0.446. The molecule has 0 spiro atoms. The van der Waals surface area contributed by atoms with E-state index in [1.165, 1.54) is 4.90 Å². The molecule has 1 aliphatic heterocycles. The minimum atomic E-state index is -1.61. The van der Waals surface area contributed by atoms with E-state index < -0.39 is 29.3 Å². The molecule has 0 aromatic heterocycles. The van der Waals surface area contributed by atoms with Crippen molar-refractivity contribution in [3.63, 3.8) is 0 Å². The van der Waals surface area contributed by atoms with Crippen molar-refractivity contribution in [3.8, 4) is 17.2 Å². The summed E-state index contributed by atoms with van der Waals surface area (Å²) in [6, 6.07) is 2.91. The normalized spacial score (nSPS) is 19.5. The summed E-state index contributed by atoms with van der Waals surface area (Å²) >= 11 is 0. The first kappa shape index (κ1) is 26.8. The molecule has 1 saturated carbocycles. The average Bonchev–Trinajstić information content (AvgIpc) is 2.89. The number of esters is 1. The minimum absolute atomic E-state index is 0.173. The molecule has 3 rings (SSSR count). The van der Waals surface area contributed by atoms with E-state index in [1.54, 1.807) is 21.3 Å². The number of likely N-dealkylation sites (tertiary alicyclic amines) is 1. The largest absolute Gasteiger partial charge is 0.493 e. The third kappa shape index (κ3) is 6.25. The van der Waals surface area contributed by atoms with Gasteiger partial charge in [0.25, 0.3) is 11.7 Å². The van der Waals surface area contributed by atoms with Gasteiger partial charge in [-0.05, 0) is 62.6 Å². The summed E-state index contributed by atoms with van der Waals surface area (Å²) in [7, 11) is 4.65. The molecule has 1 unspecified atom stereocenters. The maximum atomic E-state index is 13.0. The number of ketones is 1. The third-order valence-corrected chi connectivity index (χ3v) is 6.91. The summed E-state index contributed by atoms with van der Waals surface area (Å²) in [5, 5.41) is 10.7. The van der Waals surface area contributed by atoms with E-state index in [2.05, 4.69) is 0 Å². The van der Waals surface area contributed by atoms with Gasteiger partial charge < -0.3 is 29.0 Å². The first-order chi connectivity index (χ1) is 16.8. The summed E-state index contributed by atoms with van der Waals surface area (Å²) in [6.45, 7) is 0.484. The number of hydrogen-bond acceptors (Lipinski definition) is 8. The van der Waals surface area contributed by atoms with E-state index >= 15 is 0 Å². The highest BCUT2D eigenvalue weighted by Crippen LogP contribution is 2.38. The molecule has 1 atom stereocenters. The maximum absolute atomic E-state index is 13.0. The number of aliphatic hydroxyl groups is 1. The van der Waals surface area contributed by atoms with Crippen molar-refractivity contribution in [3.05, 3.63) is 17.7 Å². The number of nitrogens with zero attached hydrogens (tertiary/aromatic N) is 1. The van der Waals surface area contributed by atoms with Crippen LogP contribution in [0.25, 0.3) is 0 Å². The van der Waals surface area contributed by atoms with Crippen molar-refractivity contribution < 1.29 is 38.4 Å². The van der Waals surface area contributed by atoms with Crippen LogP contribution in [-0.2, 0) is 25.5 Å². The zero-order chi connectivity index (χ0) is 25.4. The lowest BCUT2D eigenvalue weighted by Gasteiger charge is -2.36. The van der Waals surface area contributed by atoms with Crippen molar-refractivity contribution in [2.75, 3.05) is 34.5 Å². The van der Waals surface area contributed by atoms with E-state index in [0.717, 1.165) is 18.4 Å². The minimum Gasteiger partial charge on any atom is -0.493 e. The number of piperidine rings is 1. The van der Waals surface area contributed by atoms with Gasteiger partial charge >= 0.3 is 5.97 Å². The fourth-order valence-corrected chi connectivity index (χ4v) is 4.94. The van der Waals surface area contributed by atoms with Gasteiger partial charge in [0.15, 0.2) is 11.5 Å². The van der Waals surface area contributed by atoms with E-state index in [9.17, 15) is 19.5 Å². The van der Waals surface area contributed by atoms with Gasteiger partial charge in [0.2, 0.25) is 5.75 Å². The molecule has 2 fully saturated rings. The van der Waals surface area contributed by atoms with Gasteiger partial charge in [-0.3, -0.25) is 9.59 Å². The predicted molar refractivity (Wildman–Crippen MR) is 128 cm³/mol. The Bertz CT molecular complexity index is 884. The molecular weight excluding hydrogens is 454 g/mol. The number of Topliss-reactive ketones (excluding diaryl/α,β-unsaturated/α-hetero) is 1. The van der Waals surface area contributed by atoms with E-state index in [1.807, 2.05) is 12.1 Å². The number of methoxy groups -OCH3 is 3. The standard InChI is InChI=1S/C26H37NO8/c1-32-20-16-18(17-21(33-2)22(20)34-3)10-9-15-35-25(30)19-11-5-8-14-27(19)24(29)23(28)26(31)12-6-4-7-13-26/h16-17,19,31H,4-15H2,1-3H3. The van der Waals surface area contributed by atoms with Crippen molar-refractivity contribution in [1.29, 1.82) is 0 Å². The third-order valence-electron chi connectivity index (χ3n) is 6.91. The van der Waals surface area contributed by atoms with Gasteiger partial charge in [-0.25, -0.2) is 4.79 Å². The topological polar surface area (TPSA) is 112 Å². The zero-order valence-corrected chi connectivity index (χ0v) is 21.0. The van der Waals surface area contributed by atoms with Crippen LogP contribution in [0.2, 0.25) is 0 Å². The SMILES string of the molecule is COc1cc(CCCOC(=O)C2CCCCN2C(=O)C(=O)C2(O)CCCCC2)cc(OC)c1OC. The number of hydrogen-bond donors (Lipinski definition) is 1. The van der Waals surface area contributed by atoms with Gasteiger partial charge in [-0.2, -0.15) is 0 Å². The second-order valence-electron chi connectivity index (χ2n) is 9.24. The number of amides is 1. The Labute approximate surface area is 206 Å². The fraction of sp³-hybridized carbons (Fsp3) is 0.654. The lowest BCUT2D eigenvalue weighted by Crippen LogP contribution is -2.56. The molecular formula is C26H37NO8. The Morgan fingerprint density at radius 2 is 1.63 bits per heavy atom. The molecule has 1 amide bonds. The van der Waals surface area contributed by atoms with Crippen LogP contribution in [-0.4, -0.2) is 73.8 Å². The highest BCUT2D eigenvalue weighted by atomic mass is 16.5. The molecule has 9 nitrogen and oxygen atoms in total. The second kappa shape index (κ2) is 12.2. The van der Waals surface area contributed by atoms with E-state index in [4.69, 9.17) is 18.9 Å². The number of carbonyl (C=O) groups is 3. The number of benzene rings is 1. The summed E-state index contributed by atoms with van der Waals surface area (Å²) in [6.07, 6.45) is 6.06. The second-order valence-corrected chi connectivity index (χ2v) is 9.24. The number of ether oxygens (including phenoxy) is 4. The highest BCUT2D eigenvalue weighted by molar-refractivity contribution is 6.39. The predicted octanol–water partition coefficient (Wildman–Crippen LogP) is 2.83. The monoisotopic (exact) mass is 491 g/mol. The summed E-state index contributed by atoms with van der Waals surface area (Å²) < 4.78 is 21.6. The van der Waals surface area contributed by atoms with Gasteiger partial charge in [-0.15, -0.1) is 0 Å². The van der Waals surface area contributed by atoms with Crippen LogP contribution in [0.4, 0.5) is 0 Å². The molecule has 194 valence electrons. The molecule has 2 aliphatic rings. The maximum Gasteiger partial charge on any atom is 0.328 e. The lowest BCUT2D eigenvalue weighted by molar-refractivity contribution is -0.164. The Balaban J connectivity index is 1.57. The van der Waals surface area contributed by atoms with Crippen molar-refractivity contribution in [2.24, 2.45) is 0 Å². The molecule has 1 aromatic rings. The smallest absolute Gasteiger partial charge is 0.328 e. The molecule has 0 bridgehead atoms. The quantitative estimate of drug-likeness (QED) is 0.302. The van der Waals surface area contributed by atoms with Crippen LogP contribution in [0, 0.1) is 0 Å². The van der Waals surface area contributed by atoms with Crippen LogP contribution in [0.3, 0.4) is 0 Å². The molecule has 9 heteroatoms.